The third-order valence-electron chi connectivity index (χ3n) is 4.32. The van der Waals surface area contributed by atoms with E-state index >= 15 is 0 Å². The van der Waals surface area contributed by atoms with Crippen LogP contribution in [0.15, 0.2) is 11.6 Å². The summed E-state index contributed by atoms with van der Waals surface area (Å²) >= 11 is 0. The van der Waals surface area contributed by atoms with Crippen molar-refractivity contribution >= 4 is 0 Å². The zero-order chi connectivity index (χ0) is 13.8. The van der Waals surface area contributed by atoms with Crippen LogP contribution in [-0.4, -0.2) is 37.1 Å². The maximum absolute atomic E-state index is 3.46. The average Bonchev–Trinajstić information content (AvgIpc) is 2.34. The Kier molecular flexibility index (Phi) is 5.87. The molecule has 1 heterocycles. The fourth-order valence-electron chi connectivity index (χ4n) is 2.64. The van der Waals surface area contributed by atoms with Crippen LogP contribution in [0.1, 0.15) is 48.0 Å². The van der Waals surface area contributed by atoms with E-state index in [0.717, 1.165) is 25.6 Å². The molecule has 0 fully saturated rings. The smallest absolute Gasteiger partial charge is 0.0169 e. The molecule has 2 heteroatoms. The van der Waals surface area contributed by atoms with Crippen molar-refractivity contribution in [2.75, 3.05) is 26.2 Å². The third kappa shape index (κ3) is 4.40. The van der Waals surface area contributed by atoms with Gasteiger partial charge in [0, 0.05) is 19.1 Å². The first-order valence-electron chi connectivity index (χ1n) is 7.50. The van der Waals surface area contributed by atoms with Crippen LogP contribution in [0.5, 0.6) is 0 Å². The summed E-state index contributed by atoms with van der Waals surface area (Å²) in [6.07, 6.45) is 3.70. The van der Waals surface area contributed by atoms with Gasteiger partial charge in [-0.25, -0.2) is 0 Å². The molecule has 18 heavy (non-hydrogen) atoms. The first kappa shape index (κ1) is 15.7. The van der Waals surface area contributed by atoms with Crippen LogP contribution in [-0.2, 0) is 0 Å². The van der Waals surface area contributed by atoms with Crippen molar-refractivity contribution in [3.8, 4) is 0 Å². The second-order valence-corrected chi connectivity index (χ2v) is 6.75. The fraction of sp³-hybridized carbons (Fsp3) is 0.875. The Morgan fingerprint density at radius 2 is 2.00 bits per heavy atom. The highest BCUT2D eigenvalue weighted by Crippen LogP contribution is 2.31. The van der Waals surface area contributed by atoms with Crippen molar-refractivity contribution in [3.05, 3.63) is 11.6 Å². The minimum atomic E-state index is 0.352. The lowest BCUT2D eigenvalue weighted by molar-refractivity contribution is 0.166. The lowest BCUT2D eigenvalue weighted by Crippen LogP contribution is -2.43. The molecule has 0 saturated heterocycles. The first-order chi connectivity index (χ1) is 8.36. The molecule has 0 aliphatic carbocycles. The Bertz CT molecular complexity index is 275. The Balaban J connectivity index is 2.49. The number of nitrogens with one attached hydrogen (secondary N) is 1. The van der Waals surface area contributed by atoms with Gasteiger partial charge >= 0.3 is 0 Å². The number of hydrogen-bond donors (Lipinski definition) is 1. The summed E-state index contributed by atoms with van der Waals surface area (Å²) in [7, 11) is 0. The second kappa shape index (κ2) is 6.72. The molecule has 0 radical (unpaired) electrons. The zero-order valence-electron chi connectivity index (χ0n) is 13.2. The third-order valence-corrected chi connectivity index (χ3v) is 4.32. The number of nitrogens with zero attached hydrogens (tertiary/aromatic N) is 1. The quantitative estimate of drug-likeness (QED) is 0.755. The predicted octanol–water partition coefficient (Wildman–Crippen LogP) is 3.30. The van der Waals surface area contributed by atoms with Gasteiger partial charge in [0.1, 0.15) is 0 Å². The van der Waals surface area contributed by atoms with Crippen LogP contribution in [0.2, 0.25) is 0 Å². The highest BCUT2D eigenvalue weighted by molar-refractivity contribution is 5.14. The molecule has 0 bridgehead atoms. The second-order valence-electron chi connectivity index (χ2n) is 6.75. The van der Waals surface area contributed by atoms with Crippen LogP contribution in [0.4, 0.5) is 0 Å². The molecule has 0 saturated carbocycles. The van der Waals surface area contributed by atoms with Gasteiger partial charge in [-0.1, -0.05) is 46.3 Å². The summed E-state index contributed by atoms with van der Waals surface area (Å²) < 4.78 is 0. The first-order valence-corrected chi connectivity index (χ1v) is 7.50. The largest absolute Gasteiger partial charge is 0.317 e. The molecule has 2 unspecified atom stereocenters. The van der Waals surface area contributed by atoms with Crippen LogP contribution in [0.25, 0.3) is 0 Å². The normalized spacial score (nSPS) is 21.6. The van der Waals surface area contributed by atoms with E-state index in [2.05, 4.69) is 57.8 Å². The van der Waals surface area contributed by atoms with Crippen molar-refractivity contribution < 1.29 is 0 Å². The molecule has 0 amide bonds. The molecule has 2 nitrogen and oxygen atoms in total. The molecular formula is C16H32N2. The van der Waals surface area contributed by atoms with Crippen LogP contribution >= 0.6 is 0 Å². The topological polar surface area (TPSA) is 15.3 Å². The van der Waals surface area contributed by atoms with E-state index in [1.165, 1.54) is 13.0 Å². The molecule has 106 valence electrons. The minimum absolute atomic E-state index is 0.352. The minimum Gasteiger partial charge on any atom is -0.317 e. The van der Waals surface area contributed by atoms with Crippen molar-refractivity contribution in [3.63, 3.8) is 0 Å². The Morgan fingerprint density at radius 3 is 2.44 bits per heavy atom. The molecule has 0 aromatic rings. The summed E-state index contributed by atoms with van der Waals surface area (Å²) in [6.45, 7) is 18.4. The van der Waals surface area contributed by atoms with E-state index in [1.807, 2.05) is 0 Å². The summed E-state index contributed by atoms with van der Waals surface area (Å²) in [5.41, 5.74) is 1.98. The average molecular weight is 252 g/mol. The van der Waals surface area contributed by atoms with Gasteiger partial charge in [0.25, 0.3) is 0 Å². The summed E-state index contributed by atoms with van der Waals surface area (Å²) in [5.74, 6) is 0.717. The standard InChI is InChI=1S/C16H32N2/c1-7-17-12-13(2)14(3)18-10-8-15(9-11-18)16(4,5)6/h8,13-14,17H,7,9-12H2,1-6H3. The van der Waals surface area contributed by atoms with E-state index < -0.39 is 0 Å². The molecule has 2 atom stereocenters. The monoisotopic (exact) mass is 252 g/mol. The van der Waals surface area contributed by atoms with Crippen LogP contribution in [0, 0.1) is 11.3 Å². The molecule has 1 rings (SSSR count). The highest BCUT2D eigenvalue weighted by Gasteiger charge is 2.25. The summed E-state index contributed by atoms with van der Waals surface area (Å²) in [5, 5.41) is 3.46. The van der Waals surface area contributed by atoms with Gasteiger partial charge in [0.2, 0.25) is 0 Å². The van der Waals surface area contributed by atoms with Gasteiger partial charge in [0.05, 0.1) is 0 Å². The Labute approximate surface area is 114 Å². The lowest BCUT2D eigenvalue weighted by Gasteiger charge is -2.37. The Morgan fingerprint density at radius 1 is 1.33 bits per heavy atom. The van der Waals surface area contributed by atoms with E-state index in [0.29, 0.717) is 11.5 Å². The van der Waals surface area contributed by atoms with E-state index in [-0.39, 0.29) is 0 Å². The Hall–Kier alpha value is -0.340. The number of hydrogen-bond acceptors (Lipinski definition) is 2. The molecule has 0 spiro atoms. The maximum atomic E-state index is 3.46. The maximum Gasteiger partial charge on any atom is 0.0169 e. The van der Waals surface area contributed by atoms with Crippen LogP contribution < -0.4 is 5.32 Å². The van der Waals surface area contributed by atoms with E-state index in [4.69, 9.17) is 0 Å². The highest BCUT2D eigenvalue weighted by atomic mass is 15.2. The fourth-order valence-corrected chi connectivity index (χ4v) is 2.64. The van der Waals surface area contributed by atoms with Gasteiger partial charge in [-0.15, -0.1) is 0 Å². The van der Waals surface area contributed by atoms with Crippen molar-refractivity contribution in [1.82, 2.24) is 10.2 Å². The summed E-state index contributed by atoms with van der Waals surface area (Å²) in [6, 6.07) is 0.668. The van der Waals surface area contributed by atoms with Crippen LogP contribution in [0.3, 0.4) is 0 Å². The molecule has 0 aromatic heterocycles. The molecule has 0 aromatic carbocycles. The zero-order valence-corrected chi connectivity index (χ0v) is 13.2. The molecule has 1 aliphatic rings. The SMILES string of the molecule is CCNCC(C)C(C)N1CC=C(C(C)(C)C)CC1. The molecular weight excluding hydrogens is 220 g/mol. The van der Waals surface area contributed by atoms with E-state index in [9.17, 15) is 0 Å². The van der Waals surface area contributed by atoms with Gasteiger partial charge < -0.3 is 5.32 Å². The predicted molar refractivity (Wildman–Crippen MR) is 80.9 cm³/mol. The van der Waals surface area contributed by atoms with Gasteiger partial charge in [0.15, 0.2) is 0 Å². The number of rotatable bonds is 5. The van der Waals surface area contributed by atoms with Crippen molar-refractivity contribution in [2.24, 2.45) is 11.3 Å². The van der Waals surface area contributed by atoms with Gasteiger partial charge in [-0.3, -0.25) is 4.90 Å². The lowest BCUT2D eigenvalue weighted by atomic mass is 9.82. The van der Waals surface area contributed by atoms with Gasteiger partial charge in [-0.05, 0) is 37.8 Å². The van der Waals surface area contributed by atoms with Crippen molar-refractivity contribution in [2.45, 2.75) is 54.0 Å². The molecule has 1 N–H and O–H groups in total. The van der Waals surface area contributed by atoms with Crippen molar-refractivity contribution in [1.29, 1.82) is 0 Å². The molecule has 1 aliphatic heterocycles. The van der Waals surface area contributed by atoms with E-state index in [1.54, 1.807) is 5.57 Å². The van der Waals surface area contributed by atoms with Gasteiger partial charge in [-0.2, -0.15) is 0 Å². The summed E-state index contributed by atoms with van der Waals surface area (Å²) in [4.78, 5) is 2.62.